The van der Waals surface area contributed by atoms with E-state index in [1.54, 1.807) is 0 Å². The summed E-state index contributed by atoms with van der Waals surface area (Å²) in [5.74, 6) is 1.01. The summed E-state index contributed by atoms with van der Waals surface area (Å²) in [6.45, 7) is 22.3. The molecule has 1 saturated heterocycles. The number of aliphatic hydroxyl groups excluding tert-OH is 2. The monoisotopic (exact) mass is 625 g/mol. The normalized spacial score (nSPS) is 41.8. The number of allylic oxidation sites excluding steroid dienone is 1. The van der Waals surface area contributed by atoms with Crippen molar-refractivity contribution in [2.45, 2.75) is 135 Å². The van der Waals surface area contributed by atoms with Crippen molar-refractivity contribution in [3.8, 4) is 5.75 Å². The van der Waals surface area contributed by atoms with E-state index in [0.29, 0.717) is 18.3 Å². The van der Waals surface area contributed by atoms with Gasteiger partial charge in [0.2, 0.25) is 0 Å². The summed E-state index contributed by atoms with van der Waals surface area (Å²) in [5.41, 5.74) is 7.38. The molecule has 0 bridgehead atoms. The molecule has 2 aliphatic heterocycles. The van der Waals surface area contributed by atoms with Gasteiger partial charge in [0.05, 0.1) is 34.6 Å². The van der Waals surface area contributed by atoms with Crippen molar-refractivity contribution in [3.63, 3.8) is 0 Å². The molecule has 6 nitrogen and oxygen atoms in total. The number of hydrogen-bond donors (Lipinski definition) is 3. The first-order valence-electron chi connectivity index (χ1n) is 17.8. The van der Waals surface area contributed by atoms with Gasteiger partial charge in [-0.15, -0.1) is 0 Å². The van der Waals surface area contributed by atoms with Gasteiger partial charge in [-0.05, 0) is 137 Å². The zero-order valence-electron chi connectivity index (χ0n) is 28.9. The first-order valence-corrected chi connectivity index (χ1v) is 17.8. The quantitative estimate of drug-likeness (QED) is 0.255. The molecule has 2 aromatic heterocycles. The summed E-state index contributed by atoms with van der Waals surface area (Å²) in [7, 11) is 0. The Kier molecular flexibility index (Phi) is 5.56. The first-order chi connectivity index (χ1) is 21.5. The maximum absolute atomic E-state index is 12.3. The average Bonchev–Trinajstić information content (AvgIpc) is 3.62. The van der Waals surface area contributed by atoms with Crippen LogP contribution in [0.15, 0.2) is 18.7 Å². The Morgan fingerprint density at radius 3 is 2.46 bits per heavy atom. The number of fused-ring (bicyclic) bond motifs is 13. The van der Waals surface area contributed by atoms with E-state index in [0.717, 1.165) is 64.6 Å². The van der Waals surface area contributed by atoms with Crippen LogP contribution in [0, 0.1) is 28.6 Å². The van der Waals surface area contributed by atoms with E-state index in [1.165, 1.54) is 29.5 Å². The molecule has 4 aliphatic carbocycles. The van der Waals surface area contributed by atoms with E-state index < -0.39 is 23.6 Å². The molecule has 3 fully saturated rings. The lowest BCUT2D eigenvalue weighted by Crippen LogP contribution is -2.64. The second-order valence-electron chi connectivity index (χ2n) is 17.9. The Morgan fingerprint density at radius 2 is 1.74 bits per heavy atom. The minimum Gasteiger partial charge on any atom is -0.505 e. The molecule has 1 aromatic carbocycles. The fourth-order valence-corrected chi connectivity index (χ4v) is 13.0. The summed E-state index contributed by atoms with van der Waals surface area (Å²) >= 11 is 0. The molecule has 6 heteroatoms. The van der Waals surface area contributed by atoms with Crippen LogP contribution in [0.4, 0.5) is 0 Å². The third-order valence-corrected chi connectivity index (χ3v) is 14.8. The molecule has 246 valence electrons. The largest absolute Gasteiger partial charge is 0.505 e. The summed E-state index contributed by atoms with van der Waals surface area (Å²) < 4.78 is 15.2. The molecule has 3 N–H and O–H groups in total. The molecular weight excluding hydrogens is 574 g/mol. The van der Waals surface area contributed by atoms with Gasteiger partial charge in [-0.3, -0.25) is 0 Å². The van der Waals surface area contributed by atoms with E-state index >= 15 is 0 Å². The van der Waals surface area contributed by atoms with Crippen LogP contribution in [0.25, 0.3) is 27.4 Å². The van der Waals surface area contributed by atoms with E-state index in [2.05, 4.69) is 71.6 Å². The summed E-state index contributed by atoms with van der Waals surface area (Å²) in [6, 6.07) is 2.36. The van der Waals surface area contributed by atoms with Crippen molar-refractivity contribution < 1.29 is 24.8 Å². The van der Waals surface area contributed by atoms with Crippen LogP contribution in [0.3, 0.4) is 0 Å². The molecule has 9 atom stereocenters. The lowest BCUT2D eigenvalue weighted by atomic mass is 9.40. The van der Waals surface area contributed by atoms with Gasteiger partial charge in [-0.25, -0.2) is 0 Å². The second kappa shape index (κ2) is 8.61. The Hall–Kier alpha value is -2.38. The highest BCUT2D eigenvalue weighted by atomic mass is 16.6. The third-order valence-electron chi connectivity index (χ3n) is 14.8. The van der Waals surface area contributed by atoms with Crippen molar-refractivity contribution in [2.75, 3.05) is 0 Å². The maximum atomic E-state index is 12.3. The zero-order chi connectivity index (χ0) is 32.7. The predicted molar refractivity (Wildman–Crippen MR) is 181 cm³/mol. The molecule has 6 aliphatic rings. The Morgan fingerprint density at radius 1 is 1.00 bits per heavy atom. The van der Waals surface area contributed by atoms with E-state index in [9.17, 15) is 15.3 Å². The van der Waals surface area contributed by atoms with Crippen LogP contribution < -0.4 is 0 Å². The van der Waals surface area contributed by atoms with Crippen molar-refractivity contribution >= 4 is 27.4 Å². The fourth-order valence-electron chi connectivity index (χ4n) is 13.0. The van der Waals surface area contributed by atoms with Gasteiger partial charge in [-0.1, -0.05) is 27.4 Å². The summed E-state index contributed by atoms with van der Waals surface area (Å²) in [5, 5.41) is 36.9. The number of hydrogen-bond acceptors (Lipinski definition) is 5. The first kappa shape index (κ1) is 29.7. The zero-order valence-corrected chi connectivity index (χ0v) is 28.9. The highest BCUT2D eigenvalue weighted by Crippen LogP contribution is 2.72. The number of rotatable bonds is 1. The van der Waals surface area contributed by atoms with E-state index in [4.69, 9.17) is 9.47 Å². The summed E-state index contributed by atoms with van der Waals surface area (Å²) in [6.07, 6.45) is 7.96. The number of benzene rings is 1. The SMILES string of the molecule is C=C(C)c1c(O)c2c3c(cc4c5c(n1c42)C1(C)C(CCC2[C@]4(C)CCC(O)O[C@H]4CC[C@@]21C)C5)C1=CC(C)(C)OC(C)(C)C1[C@@H]3O. The van der Waals surface area contributed by atoms with Gasteiger partial charge in [-0.2, -0.15) is 0 Å². The van der Waals surface area contributed by atoms with Gasteiger partial charge < -0.3 is 29.2 Å². The Balaban J connectivity index is 1.33. The van der Waals surface area contributed by atoms with Crippen molar-refractivity contribution in [1.82, 2.24) is 4.40 Å². The minimum absolute atomic E-state index is 0.0229. The molecule has 0 spiro atoms. The van der Waals surface area contributed by atoms with Crippen LogP contribution in [0.1, 0.15) is 128 Å². The molecule has 3 aromatic rings. The van der Waals surface area contributed by atoms with Gasteiger partial charge in [0.25, 0.3) is 0 Å². The van der Waals surface area contributed by atoms with Gasteiger partial charge in [0.15, 0.2) is 6.29 Å². The topological polar surface area (TPSA) is 83.6 Å². The second-order valence-corrected chi connectivity index (χ2v) is 17.9. The number of aromatic nitrogens is 1. The molecule has 5 unspecified atom stereocenters. The van der Waals surface area contributed by atoms with Gasteiger partial charge in [0.1, 0.15) is 5.75 Å². The Bertz CT molecular complexity index is 1900. The molecule has 0 radical (unpaired) electrons. The standard InChI is InChI=1S/C40H51NO5/c1-19(2)31-34(44)29-28-21(24-18-36(3,4)46-37(5,6)30(24)33(28)43)17-22-23-16-20-10-11-25-38(7)14-13-27(42)45-26(38)12-15-39(25,8)40(20,9)35(23)41(31)32(22)29/h17-18,20,25-27,30,33,42-44H,1,10-16H2,2-9H3/t20?,25?,26-,27?,30?,33+,38-,39-,40?/m0/s1. The lowest BCUT2D eigenvalue weighted by Gasteiger charge is -2.66. The van der Waals surface area contributed by atoms with Gasteiger partial charge >= 0.3 is 0 Å². The van der Waals surface area contributed by atoms with Crippen LogP contribution in [0.5, 0.6) is 5.75 Å². The molecule has 4 heterocycles. The van der Waals surface area contributed by atoms with E-state index in [1.807, 2.05) is 6.92 Å². The number of aromatic hydroxyl groups is 1. The predicted octanol–water partition coefficient (Wildman–Crippen LogP) is 8.05. The summed E-state index contributed by atoms with van der Waals surface area (Å²) in [4.78, 5) is 0. The highest BCUT2D eigenvalue weighted by Gasteiger charge is 2.68. The van der Waals surface area contributed by atoms with Crippen LogP contribution in [0.2, 0.25) is 0 Å². The maximum Gasteiger partial charge on any atom is 0.154 e. The van der Waals surface area contributed by atoms with Crippen molar-refractivity contribution in [2.24, 2.45) is 28.6 Å². The number of ether oxygens (including phenoxy) is 2. The van der Waals surface area contributed by atoms with Crippen LogP contribution in [-0.2, 0) is 21.3 Å². The molecule has 0 amide bonds. The van der Waals surface area contributed by atoms with Crippen molar-refractivity contribution in [3.05, 3.63) is 46.8 Å². The third kappa shape index (κ3) is 3.19. The molecule has 2 saturated carbocycles. The lowest BCUT2D eigenvalue weighted by molar-refractivity contribution is -0.262. The fraction of sp³-hybridized carbons (Fsp3) is 0.650. The van der Waals surface area contributed by atoms with E-state index in [-0.39, 0.29) is 34.0 Å². The molecule has 46 heavy (non-hydrogen) atoms. The highest BCUT2D eigenvalue weighted by molar-refractivity contribution is 6.11. The molecule has 9 rings (SSSR count). The smallest absolute Gasteiger partial charge is 0.154 e. The van der Waals surface area contributed by atoms with Crippen LogP contribution in [-0.4, -0.2) is 43.3 Å². The van der Waals surface area contributed by atoms with Gasteiger partial charge in [0, 0.05) is 33.4 Å². The van der Waals surface area contributed by atoms with Crippen molar-refractivity contribution in [1.29, 1.82) is 0 Å². The molecular formula is C40H51NO5. The minimum atomic E-state index is -0.784. The van der Waals surface area contributed by atoms with Crippen LogP contribution >= 0.6 is 0 Å². The number of aliphatic hydroxyl groups is 2. The average molecular weight is 626 g/mol. The number of nitrogens with zero attached hydrogens (tertiary/aromatic N) is 1. The Labute approximate surface area is 272 Å².